The van der Waals surface area contributed by atoms with Crippen LogP contribution in [0.2, 0.25) is 4.34 Å². The van der Waals surface area contributed by atoms with Gasteiger partial charge in [0.2, 0.25) is 0 Å². The fourth-order valence-electron chi connectivity index (χ4n) is 2.96. The molecule has 0 fully saturated rings. The highest BCUT2D eigenvalue weighted by Gasteiger charge is 2.30. The third kappa shape index (κ3) is 5.05. The summed E-state index contributed by atoms with van der Waals surface area (Å²) in [4.78, 5) is 13.1. The van der Waals surface area contributed by atoms with E-state index in [1.165, 1.54) is 6.07 Å². The number of benzene rings is 1. The first-order valence-corrected chi connectivity index (χ1v) is 10.7. The first-order valence-electron chi connectivity index (χ1n) is 8.74. The first kappa shape index (κ1) is 22.8. The summed E-state index contributed by atoms with van der Waals surface area (Å²) in [5, 5.41) is 6.92. The monoisotopic (exact) mass is 520 g/mol. The molecule has 0 aliphatic rings. The molecule has 30 heavy (non-hydrogen) atoms. The molecule has 0 aliphatic carbocycles. The molecule has 1 amide bonds. The van der Waals surface area contributed by atoms with Gasteiger partial charge in [0.05, 0.1) is 26.8 Å². The molecule has 0 bridgehead atoms. The predicted molar refractivity (Wildman–Crippen MR) is 115 cm³/mol. The van der Waals surface area contributed by atoms with Crippen molar-refractivity contribution in [3.05, 3.63) is 61.3 Å². The Morgan fingerprint density at radius 2 is 2.13 bits per heavy atom. The van der Waals surface area contributed by atoms with Crippen molar-refractivity contribution in [2.75, 3.05) is 6.54 Å². The zero-order valence-corrected chi connectivity index (χ0v) is 18.8. The highest BCUT2D eigenvalue weighted by molar-refractivity contribution is 9.10. The van der Waals surface area contributed by atoms with Gasteiger partial charge in [-0.05, 0) is 40.0 Å². The molecule has 1 unspecified atom stereocenters. The average molecular weight is 522 g/mol. The minimum Gasteiger partial charge on any atom is -0.347 e. The molecule has 0 saturated carbocycles. The summed E-state index contributed by atoms with van der Waals surface area (Å²) >= 11 is 10.8. The van der Waals surface area contributed by atoms with Gasteiger partial charge in [0.1, 0.15) is 4.34 Å². The fourth-order valence-corrected chi connectivity index (χ4v) is 4.71. The van der Waals surface area contributed by atoms with Gasteiger partial charge < -0.3 is 11.1 Å². The number of nitrogens with two attached hydrogens (primary N) is 1. The number of carbonyl (C=O) groups excluding carboxylic acids is 1. The molecule has 2 aromatic heterocycles. The number of alkyl halides is 3. The van der Waals surface area contributed by atoms with Crippen molar-refractivity contribution in [1.82, 2.24) is 15.1 Å². The lowest BCUT2D eigenvalue weighted by Gasteiger charge is -2.17. The van der Waals surface area contributed by atoms with E-state index < -0.39 is 23.7 Å². The van der Waals surface area contributed by atoms with E-state index in [9.17, 15) is 18.0 Å². The minimum atomic E-state index is -4.43. The number of thiophene rings is 1. The number of hydrogen-bond donors (Lipinski definition) is 2. The van der Waals surface area contributed by atoms with Crippen LogP contribution < -0.4 is 11.1 Å². The van der Waals surface area contributed by atoms with Crippen molar-refractivity contribution in [3.63, 3.8) is 0 Å². The predicted octanol–water partition coefficient (Wildman–Crippen LogP) is 4.88. The van der Waals surface area contributed by atoms with Crippen LogP contribution in [0.3, 0.4) is 0 Å². The van der Waals surface area contributed by atoms with Gasteiger partial charge in [-0.1, -0.05) is 29.8 Å². The van der Waals surface area contributed by atoms with Gasteiger partial charge >= 0.3 is 6.18 Å². The molecule has 0 saturated heterocycles. The molecular weight excluding hydrogens is 505 g/mol. The second-order valence-corrected chi connectivity index (χ2v) is 9.08. The number of carbonyl (C=O) groups is 1. The number of nitrogens with zero attached hydrogens (tertiary/aromatic N) is 2. The minimum absolute atomic E-state index is 0.0707. The van der Waals surface area contributed by atoms with Crippen molar-refractivity contribution in [1.29, 1.82) is 0 Å². The van der Waals surface area contributed by atoms with Crippen LogP contribution in [0.1, 0.15) is 20.8 Å². The topological polar surface area (TPSA) is 72.9 Å². The Kier molecular flexibility index (Phi) is 6.91. The van der Waals surface area contributed by atoms with Crippen LogP contribution in [0.5, 0.6) is 0 Å². The standard InChI is InChI=1S/C19H17BrClF3N4OS/c1-28-16(14(20)9-26-28)13-7-15(30-17(13)21)18(29)27-12(8-25)6-10-3-2-4-11(5-10)19(22,23)24/h2-5,7,9,12H,6,8,25H2,1H3,(H,27,29). The Labute approximate surface area is 188 Å². The maximum atomic E-state index is 12.9. The van der Waals surface area contributed by atoms with Gasteiger partial charge in [-0.15, -0.1) is 11.3 Å². The summed E-state index contributed by atoms with van der Waals surface area (Å²) in [6.07, 6.45) is -2.63. The van der Waals surface area contributed by atoms with Gasteiger partial charge in [-0.2, -0.15) is 18.3 Å². The Hall–Kier alpha value is -1.88. The van der Waals surface area contributed by atoms with E-state index in [4.69, 9.17) is 17.3 Å². The van der Waals surface area contributed by atoms with E-state index in [-0.39, 0.29) is 13.0 Å². The van der Waals surface area contributed by atoms with Gasteiger partial charge in [-0.3, -0.25) is 9.48 Å². The number of rotatable bonds is 6. The number of nitrogens with one attached hydrogen (secondary N) is 1. The van der Waals surface area contributed by atoms with Crippen LogP contribution in [0.4, 0.5) is 13.2 Å². The van der Waals surface area contributed by atoms with Crippen molar-refractivity contribution in [2.24, 2.45) is 12.8 Å². The maximum absolute atomic E-state index is 12.9. The Balaban J connectivity index is 1.76. The lowest BCUT2D eigenvalue weighted by Crippen LogP contribution is -2.41. The van der Waals surface area contributed by atoms with Gasteiger partial charge in [0.15, 0.2) is 0 Å². The van der Waals surface area contributed by atoms with Crippen LogP contribution >= 0.6 is 38.9 Å². The number of amides is 1. The third-order valence-electron chi connectivity index (χ3n) is 4.42. The SMILES string of the molecule is Cn1ncc(Br)c1-c1cc(C(=O)NC(CN)Cc2cccc(C(F)(F)F)c2)sc1Cl. The summed E-state index contributed by atoms with van der Waals surface area (Å²) in [7, 11) is 1.76. The van der Waals surface area contributed by atoms with Crippen molar-refractivity contribution in [2.45, 2.75) is 18.6 Å². The van der Waals surface area contributed by atoms with Crippen molar-refractivity contribution >= 4 is 44.8 Å². The molecule has 3 aromatic rings. The van der Waals surface area contributed by atoms with E-state index >= 15 is 0 Å². The molecule has 0 aliphatic heterocycles. The number of hydrogen-bond acceptors (Lipinski definition) is 4. The van der Waals surface area contributed by atoms with Crippen LogP contribution in [-0.2, 0) is 19.6 Å². The lowest BCUT2D eigenvalue weighted by atomic mass is 10.0. The quantitative estimate of drug-likeness (QED) is 0.485. The second-order valence-electron chi connectivity index (χ2n) is 6.57. The molecule has 0 radical (unpaired) electrons. The molecule has 3 rings (SSSR count). The number of aromatic nitrogens is 2. The fraction of sp³-hybridized carbons (Fsp3) is 0.263. The van der Waals surface area contributed by atoms with Crippen LogP contribution in [-0.4, -0.2) is 28.3 Å². The molecular formula is C19H17BrClF3N4OS. The molecule has 5 nitrogen and oxygen atoms in total. The van der Waals surface area contributed by atoms with Crippen LogP contribution in [0, 0.1) is 0 Å². The molecule has 2 heterocycles. The summed E-state index contributed by atoms with van der Waals surface area (Å²) in [5.41, 5.74) is 6.83. The molecule has 11 heteroatoms. The average Bonchev–Trinajstić information content (AvgIpc) is 3.22. The summed E-state index contributed by atoms with van der Waals surface area (Å²) in [5.74, 6) is -0.395. The summed E-state index contributed by atoms with van der Waals surface area (Å²) < 4.78 is 41.5. The van der Waals surface area contributed by atoms with Gasteiger partial charge in [-0.25, -0.2) is 0 Å². The number of halogens is 5. The first-order chi connectivity index (χ1) is 14.1. The smallest absolute Gasteiger partial charge is 0.347 e. The highest BCUT2D eigenvalue weighted by atomic mass is 79.9. The van der Waals surface area contributed by atoms with E-state index in [0.29, 0.717) is 20.3 Å². The van der Waals surface area contributed by atoms with E-state index in [0.717, 1.165) is 33.6 Å². The summed E-state index contributed by atoms with van der Waals surface area (Å²) in [6, 6.07) is 6.10. The highest BCUT2D eigenvalue weighted by Crippen LogP contribution is 2.38. The largest absolute Gasteiger partial charge is 0.416 e. The van der Waals surface area contributed by atoms with E-state index in [1.54, 1.807) is 30.1 Å². The van der Waals surface area contributed by atoms with Gasteiger partial charge in [0.25, 0.3) is 5.91 Å². The van der Waals surface area contributed by atoms with Crippen LogP contribution in [0.15, 0.2) is 41.0 Å². The van der Waals surface area contributed by atoms with Gasteiger partial charge in [0, 0.05) is 25.2 Å². The Bertz CT molecular complexity index is 1050. The van der Waals surface area contributed by atoms with Crippen LogP contribution in [0.25, 0.3) is 11.3 Å². The maximum Gasteiger partial charge on any atom is 0.416 e. The third-order valence-corrected chi connectivity index (χ3v) is 6.35. The van der Waals surface area contributed by atoms with E-state index in [2.05, 4.69) is 26.3 Å². The zero-order chi connectivity index (χ0) is 22.1. The lowest BCUT2D eigenvalue weighted by molar-refractivity contribution is -0.137. The van der Waals surface area contributed by atoms with E-state index in [1.807, 2.05) is 0 Å². The normalized spacial score (nSPS) is 12.8. The van der Waals surface area contributed by atoms with Crippen molar-refractivity contribution < 1.29 is 18.0 Å². The molecule has 1 atom stereocenters. The molecule has 0 spiro atoms. The Morgan fingerprint density at radius 3 is 2.73 bits per heavy atom. The number of aryl methyl sites for hydroxylation is 1. The molecule has 1 aromatic carbocycles. The molecule has 3 N–H and O–H groups in total. The Morgan fingerprint density at radius 1 is 1.40 bits per heavy atom. The zero-order valence-electron chi connectivity index (χ0n) is 15.6. The summed E-state index contributed by atoms with van der Waals surface area (Å²) in [6.45, 7) is 0.0707. The molecule has 160 valence electrons. The second kappa shape index (κ2) is 9.09. The van der Waals surface area contributed by atoms with Crippen molar-refractivity contribution in [3.8, 4) is 11.3 Å².